The molecule has 2 aromatic carbocycles. The van der Waals surface area contributed by atoms with E-state index >= 15 is 0 Å². The maximum atomic E-state index is 8.49. The first-order valence-electron chi connectivity index (χ1n) is 5.86. The number of furan rings is 1. The van der Waals surface area contributed by atoms with E-state index < -0.39 is 10.2 Å². The minimum absolute atomic E-state index is 0.296. The van der Waals surface area contributed by atoms with Crippen molar-refractivity contribution < 1.29 is 33.3 Å². The quantitative estimate of drug-likeness (QED) is 0.536. The average Bonchev–Trinajstić information content (AvgIpc) is 2.74. The van der Waals surface area contributed by atoms with Crippen molar-refractivity contribution in [3.63, 3.8) is 0 Å². The van der Waals surface area contributed by atoms with E-state index in [1.807, 2.05) is 12.1 Å². The molecule has 3 rings (SSSR count). The lowest BCUT2D eigenvalue weighted by Gasteiger charge is -2.17. The maximum absolute atomic E-state index is 8.49. The van der Waals surface area contributed by atoms with Crippen molar-refractivity contribution in [3.05, 3.63) is 42.5 Å². The number of hydrogen-bond donors (Lipinski definition) is 0. The van der Waals surface area contributed by atoms with Gasteiger partial charge in [0, 0.05) is 27.7 Å². The van der Waals surface area contributed by atoms with Gasteiger partial charge in [-0.25, -0.2) is 18.6 Å². The SMILES string of the molecule is C[S+](C)c1ccc2oc3ccccc3c2c1.[O-][Cl+3]([O-])([O-])[O-]. The van der Waals surface area contributed by atoms with E-state index in [1.165, 1.54) is 15.7 Å². The molecular formula is C14H13ClO5S. The summed E-state index contributed by atoms with van der Waals surface area (Å²) in [6.45, 7) is 0. The Balaban J connectivity index is 0.000000282. The number of hydrogen-bond acceptors (Lipinski definition) is 5. The lowest BCUT2D eigenvalue weighted by Crippen LogP contribution is -2.68. The summed E-state index contributed by atoms with van der Waals surface area (Å²) < 4.78 is 39.8. The summed E-state index contributed by atoms with van der Waals surface area (Å²) in [5, 5.41) is 2.44. The highest BCUT2D eigenvalue weighted by Gasteiger charge is 2.12. The molecule has 0 atom stereocenters. The van der Waals surface area contributed by atoms with Crippen molar-refractivity contribution in [3.8, 4) is 0 Å². The summed E-state index contributed by atoms with van der Waals surface area (Å²) in [6.07, 6.45) is 4.48. The Morgan fingerprint density at radius 2 is 1.43 bits per heavy atom. The predicted octanol–water partition coefficient (Wildman–Crippen LogP) is -0.933. The standard InChI is InChI=1S/C14H13OS.ClHO4/c1-16(2)10-7-8-14-12(9-10)11-5-3-4-6-13(11)15-14;2-1(3,4)5/h3-9H,1-2H3;(H,2,3,4,5)/q+1;/p-1. The van der Waals surface area contributed by atoms with Crippen LogP contribution in [0.5, 0.6) is 0 Å². The van der Waals surface area contributed by atoms with Gasteiger partial charge in [0.2, 0.25) is 0 Å². The van der Waals surface area contributed by atoms with Crippen molar-refractivity contribution in [1.29, 1.82) is 0 Å². The first-order valence-corrected chi connectivity index (χ1v) is 9.14. The summed E-state index contributed by atoms with van der Waals surface area (Å²) in [5.41, 5.74) is 1.96. The van der Waals surface area contributed by atoms with E-state index in [-0.39, 0.29) is 0 Å². The van der Waals surface area contributed by atoms with Crippen LogP contribution in [0.15, 0.2) is 51.8 Å². The van der Waals surface area contributed by atoms with Crippen LogP contribution in [0.4, 0.5) is 0 Å². The molecule has 7 heteroatoms. The molecule has 3 aromatic rings. The van der Waals surface area contributed by atoms with Crippen LogP contribution in [0.1, 0.15) is 0 Å². The molecule has 0 aliphatic rings. The van der Waals surface area contributed by atoms with Crippen molar-refractivity contribution in [2.45, 2.75) is 4.90 Å². The molecule has 112 valence electrons. The van der Waals surface area contributed by atoms with Crippen molar-refractivity contribution in [1.82, 2.24) is 0 Å². The highest BCUT2D eigenvalue weighted by molar-refractivity contribution is 7.95. The van der Waals surface area contributed by atoms with Crippen LogP contribution in [0.2, 0.25) is 0 Å². The smallest absolute Gasteiger partial charge is 0.155 e. The van der Waals surface area contributed by atoms with Gasteiger partial charge >= 0.3 is 0 Å². The van der Waals surface area contributed by atoms with Crippen molar-refractivity contribution >= 4 is 32.8 Å². The van der Waals surface area contributed by atoms with E-state index in [9.17, 15) is 0 Å². The Labute approximate surface area is 126 Å². The molecule has 5 nitrogen and oxygen atoms in total. The van der Waals surface area contributed by atoms with Crippen molar-refractivity contribution in [2.75, 3.05) is 12.5 Å². The summed E-state index contributed by atoms with van der Waals surface area (Å²) >= 11 is 0. The Kier molecular flexibility index (Phi) is 4.77. The fourth-order valence-electron chi connectivity index (χ4n) is 1.96. The second kappa shape index (κ2) is 6.23. The Hall–Kier alpha value is -1.28. The number of para-hydroxylation sites is 1. The summed E-state index contributed by atoms with van der Waals surface area (Å²) in [5.74, 6) is 0. The molecule has 0 N–H and O–H groups in total. The molecule has 1 heterocycles. The zero-order valence-corrected chi connectivity index (χ0v) is 12.9. The summed E-state index contributed by atoms with van der Waals surface area (Å²) in [4.78, 5) is 1.39. The molecule has 21 heavy (non-hydrogen) atoms. The van der Waals surface area contributed by atoms with E-state index in [1.54, 1.807) is 0 Å². The largest absolute Gasteiger partial charge is 0.456 e. The first kappa shape index (κ1) is 16.1. The lowest BCUT2D eigenvalue weighted by atomic mass is 10.1. The van der Waals surface area contributed by atoms with Crippen LogP contribution in [0.25, 0.3) is 21.9 Å². The molecule has 0 spiro atoms. The van der Waals surface area contributed by atoms with E-state index in [0.29, 0.717) is 10.9 Å². The molecular weight excluding hydrogens is 316 g/mol. The highest BCUT2D eigenvalue weighted by atomic mass is 35.7. The van der Waals surface area contributed by atoms with Crippen LogP contribution in [0.3, 0.4) is 0 Å². The molecule has 0 aliphatic heterocycles. The average molecular weight is 329 g/mol. The van der Waals surface area contributed by atoms with Crippen molar-refractivity contribution in [2.24, 2.45) is 0 Å². The van der Waals surface area contributed by atoms with Crippen LogP contribution in [-0.2, 0) is 10.9 Å². The molecule has 0 saturated heterocycles. The molecule has 1 aromatic heterocycles. The van der Waals surface area contributed by atoms with Gasteiger partial charge in [0.25, 0.3) is 0 Å². The van der Waals surface area contributed by atoms with Crippen LogP contribution < -0.4 is 18.6 Å². The van der Waals surface area contributed by atoms with Crippen LogP contribution in [-0.4, -0.2) is 12.5 Å². The van der Waals surface area contributed by atoms with Gasteiger partial charge in [-0.3, -0.25) is 0 Å². The monoisotopic (exact) mass is 328 g/mol. The minimum atomic E-state index is -4.94. The molecule has 0 unspecified atom stereocenters. The maximum Gasteiger partial charge on any atom is 0.155 e. The second-order valence-corrected chi connectivity index (χ2v) is 7.31. The molecule has 0 aliphatic carbocycles. The van der Waals surface area contributed by atoms with Gasteiger partial charge in [0.15, 0.2) is 4.90 Å². The first-order chi connectivity index (χ1) is 9.75. The van der Waals surface area contributed by atoms with Gasteiger partial charge in [0.1, 0.15) is 23.7 Å². The van der Waals surface area contributed by atoms with E-state index in [4.69, 9.17) is 23.1 Å². The zero-order valence-electron chi connectivity index (χ0n) is 11.4. The van der Waals surface area contributed by atoms with Gasteiger partial charge in [-0.1, -0.05) is 18.2 Å². The number of halogens is 1. The molecule has 0 saturated carbocycles. The third kappa shape index (κ3) is 4.34. The van der Waals surface area contributed by atoms with E-state index in [0.717, 1.165) is 11.2 Å². The van der Waals surface area contributed by atoms with Gasteiger partial charge in [-0.05, 0) is 18.2 Å². The number of rotatable bonds is 1. The van der Waals surface area contributed by atoms with E-state index in [2.05, 4.69) is 42.8 Å². The lowest BCUT2D eigenvalue weighted by molar-refractivity contribution is -2.00. The predicted molar refractivity (Wildman–Crippen MR) is 71.2 cm³/mol. The topological polar surface area (TPSA) is 105 Å². The normalized spacial score (nSPS) is 11.8. The highest BCUT2D eigenvalue weighted by Crippen LogP contribution is 2.30. The number of fused-ring (bicyclic) bond motifs is 3. The Morgan fingerprint density at radius 3 is 2.05 bits per heavy atom. The van der Waals surface area contributed by atoms with Crippen LogP contribution >= 0.6 is 0 Å². The molecule has 0 bridgehead atoms. The Morgan fingerprint density at radius 1 is 0.857 bits per heavy atom. The zero-order chi connectivity index (χ0) is 15.6. The minimum Gasteiger partial charge on any atom is -0.456 e. The summed E-state index contributed by atoms with van der Waals surface area (Å²) in [6, 6.07) is 14.7. The molecule has 0 fully saturated rings. The Bertz CT molecular complexity index is 742. The van der Waals surface area contributed by atoms with Gasteiger partial charge in [-0.2, -0.15) is 0 Å². The summed E-state index contributed by atoms with van der Waals surface area (Å²) in [7, 11) is -4.65. The van der Waals surface area contributed by atoms with Gasteiger partial charge in [0.05, 0.1) is 0 Å². The third-order valence-electron chi connectivity index (χ3n) is 2.82. The van der Waals surface area contributed by atoms with Gasteiger partial charge < -0.3 is 4.42 Å². The number of benzene rings is 2. The molecule has 0 amide bonds. The fraction of sp³-hybridized carbons (Fsp3) is 0.143. The molecule has 0 radical (unpaired) electrons. The third-order valence-corrected chi connectivity index (χ3v) is 4.02. The second-order valence-electron chi connectivity index (χ2n) is 4.45. The van der Waals surface area contributed by atoms with Crippen LogP contribution in [0, 0.1) is 10.2 Å². The fourth-order valence-corrected chi connectivity index (χ4v) is 2.65. The van der Waals surface area contributed by atoms with Gasteiger partial charge in [-0.15, -0.1) is 10.2 Å².